The number of nitrogens with zero attached hydrogens (tertiary/aromatic N) is 2. The van der Waals surface area contributed by atoms with Crippen molar-refractivity contribution in [3.8, 4) is 0 Å². The van der Waals surface area contributed by atoms with E-state index in [9.17, 15) is 0 Å². The summed E-state index contributed by atoms with van der Waals surface area (Å²) in [4.78, 5) is 8.65. The molecule has 0 aliphatic rings. The number of rotatable bonds is 4. The van der Waals surface area contributed by atoms with Crippen LogP contribution in [0.4, 0.5) is 0 Å². The summed E-state index contributed by atoms with van der Waals surface area (Å²) in [5, 5.41) is 8.52. The SMILES string of the molecule is CN=C(NCc1ccccc1Cl)NCc1ccnc2ccccc12. The summed E-state index contributed by atoms with van der Waals surface area (Å²) in [6.45, 7) is 1.29. The van der Waals surface area contributed by atoms with Crippen LogP contribution < -0.4 is 10.6 Å². The van der Waals surface area contributed by atoms with Crippen LogP contribution in [0, 0.1) is 0 Å². The van der Waals surface area contributed by atoms with Gasteiger partial charge in [-0.15, -0.1) is 0 Å². The van der Waals surface area contributed by atoms with Crippen molar-refractivity contribution in [1.82, 2.24) is 15.6 Å². The summed E-state index contributed by atoms with van der Waals surface area (Å²) >= 11 is 6.18. The number of aromatic nitrogens is 1. The van der Waals surface area contributed by atoms with Gasteiger partial charge in [-0.3, -0.25) is 9.98 Å². The predicted octanol–water partition coefficient (Wildman–Crippen LogP) is 3.75. The van der Waals surface area contributed by atoms with Gasteiger partial charge in [0.05, 0.1) is 5.52 Å². The molecule has 0 spiro atoms. The largest absolute Gasteiger partial charge is 0.352 e. The highest BCUT2D eigenvalue weighted by Gasteiger charge is 2.04. The zero-order valence-electron chi connectivity index (χ0n) is 13.5. The molecule has 3 rings (SSSR count). The number of hydrogen-bond acceptors (Lipinski definition) is 2. The monoisotopic (exact) mass is 338 g/mol. The Kier molecular flexibility index (Phi) is 5.29. The van der Waals surface area contributed by atoms with Crippen molar-refractivity contribution in [1.29, 1.82) is 0 Å². The first-order valence-electron chi connectivity index (χ1n) is 7.78. The van der Waals surface area contributed by atoms with Crippen LogP contribution >= 0.6 is 11.6 Å². The Labute approximate surface area is 146 Å². The normalized spacial score (nSPS) is 11.5. The van der Waals surface area contributed by atoms with Crippen molar-refractivity contribution in [2.45, 2.75) is 13.1 Å². The third kappa shape index (κ3) is 3.84. The molecule has 0 saturated heterocycles. The summed E-state index contributed by atoms with van der Waals surface area (Å²) in [5.74, 6) is 0.732. The second-order valence-electron chi connectivity index (χ2n) is 5.36. The van der Waals surface area contributed by atoms with E-state index in [1.54, 1.807) is 7.05 Å². The molecule has 5 heteroatoms. The highest BCUT2D eigenvalue weighted by molar-refractivity contribution is 6.31. The first-order valence-corrected chi connectivity index (χ1v) is 8.16. The minimum atomic E-state index is 0.621. The maximum atomic E-state index is 6.18. The summed E-state index contributed by atoms with van der Waals surface area (Å²) in [7, 11) is 1.76. The zero-order chi connectivity index (χ0) is 16.8. The van der Waals surface area contributed by atoms with Crippen molar-refractivity contribution < 1.29 is 0 Å². The average molecular weight is 339 g/mol. The molecule has 2 N–H and O–H groups in total. The molecule has 0 aliphatic heterocycles. The van der Waals surface area contributed by atoms with Gasteiger partial charge >= 0.3 is 0 Å². The van der Waals surface area contributed by atoms with Gasteiger partial charge in [-0.25, -0.2) is 0 Å². The number of fused-ring (bicyclic) bond motifs is 1. The average Bonchev–Trinajstić information content (AvgIpc) is 2.63. The molecular formula is C19H19ClN4. The first kappa shape index (κ1) is 16.3. The van der Waals surface area contributed by atoms with Crippen LogP contribution in [-0.2, 0) is 13.1 Å². The summed E-state index contributed by atoms with van der Waals surface area (Å²) < 4.78 is 0. The van der Waals surface area contributed by atoms with Gasteiger partial charge in [-0.2, -0.15) is 0 Å². The van der Waals surface area contributed by atoms with Crippen LogP contribution in [-0.4, -0.2) is 18.0 Å². The van der Waals surface area contributed by atoms with Crippen molar-refractivity contribution in [2.24, 2.45) is 4.99 Å². The summed E-state index contributed by atoms with van der Waals surface area (Å²) in [6.07, 6.45) is 1.83. The second kappa shape index (κ2) is 7.79. The lowest BCUT2D eigenvalue weighted by Gasteiger charge is -2.13. The number of pyridine rings is 1. The number of guanidine groups is 1. The van der Waals surface area contributed by atoms with Crippen LogP contribution in [0.5, 0.6) is 0 Å². The molecule has 122 valence electrons. The molecule has 0 radical (unpaired) electrons. The van der Waals surface area contributed by atoms with Crippen LogP contribution in [0.1, 0.15) is 11.1 Å². The van der Waals surface area contributed by atoms with E-state index >= 15 is 0 Å². The van der Waals surface area contributed by atoms with E-state index in [4.69, 9.17) is 11.6 Å². The quantitative estimate of drug-likeness (QED) is 0.562. The third-order valence-electron chi connectivity index (χ3n) is 3.81. The van der Waals surface area contributed by atoms with Crippen LogP contribution in [0.2, 0.25) is 5.02 Å². The third-order valence-corrected chi connectivity index (χ3v) is 4.18. The van der Waals surface area contributed by atoms with E-state index in [0.717, 1.165) is 27.4 Å². The molecule has 24 heavy (non-hydrogen) atoms. The maximum Gasteiger partial charge on any atom is 0.191 e. The Balaban J connectivity index is 1.65. The van der Waals surface area contributed by atoms with E-state index in [2.05, 4.69) is 26.7 Å². The Morgan fingerprint density at radius 2 is 1.67 bits per heavy atom. The van der Waals surface area contributed by atoms with E-state index in [0.29, 0.717) is 13.1 Å². The molecule has 0 bridgehead atoms. The molecule has 2 aromatic carbocycles. The van der Waals surface area contributed by atoms with Crippen LogP contribution in [0.3, 0.4) is 0 Å². The van der Waals surface area contributed by atoms with E-state index < -0.39 is 0 Å². The summed E-state index contributed by atoms with van der Waals surface area (Å²) in [5.41, 5.74) is 3.22. The van der Waals surface area contributed by atoms with Crippen LogP contribution in [0.15, 0.2) is 65.8 Å². The molecule has 1 aromatic heterocycles. The van der Waals surface area contributed by atoms with Crippen molar-refractivity contribution >= 4 is 28.5 Å². The molecule has 3 aromatic rings. The molecule has 0 fully saturated rings. The number of para-hydroxylation sites is 1. The number of halogens is 1. The fourth-order valence-corrected chi connectivity index (χ4v) is 2.73. The summed E-state index contributed by atoms with van der Waals surface area (Å²) in [6, 6.07) is 17.9. The fourth-order valence-electron chi connectivity index (χ4n) is 2.53. The standard InChI is InChI=1S/C19H19ClN4/c1-21-19(24-13-15-6-2-4-8-17(15)20)23-12-14-10-11-22-18-9-5-3-7-16(14)18/h2-11H,12-13H2,1H3,(H2,21,23,24). The Morgan fingerprint density at radius 1 is 0.958 bits per heavy atom. The predicted molar refractivity (Wildman–Crippen MR) is 100 cm³/mol. The lowest BCUT2D eigenvalue weighted by Crippen LogP contribution is -2.36. The van der Waals surface area contributed by atoms with E-state index in [1.165, 1.54) is 5.56 Å². The van der Waals surface area contributed by atoms with Crippen molar-refractivity contribution in [2.75, 3.05) is 7.05 Å². The molecule has 0 unspecified atom stereocenters. The minimum absolute atomic E-state index is 0.621. The fraction of sp³-hybridized carbons (Fsp3) is 0.158. The highest BCUT2D eigenvalue weighted by Crippen LogP contribution is 2.16. The van der Waals surface area contributed by atoms with E-state index in [1.807, 2.05) is 54.7 Å². The number of nitrogens with one attached hydrogen (secondary N) is 2. The van der Waals surface area contributed by atoms with Gasteiger partial charge in [0.25, 0.3) is 0 Å². The minimum Gasteiger partial charge on any atom is -0.352 e. The molecule has 0 atom stereocenters. The Morgan fingerprint density at radius 3 is 2.46 bits per heavy atom. The highest BCUT2D eigenvalue weighted by atomic mass is 35.5. The van der Waals surface area contributed by atoms with Gasteiger partial charge in [-0.05, 0) is 29.3 Å². The number of hydrogen-bond donors (Lipinski definition) is 2. The number of benzene rings is 2. The molecule has 0 saturated carbocycles. The number of aliphatic imine (C=N–C) groups is 1. The van der Waals surface area contributed by atoms with Crippen molar-refractivity contribution in [3.05, 3.63) is 76.9 Å². The molecular weight excluding hydrogens is 320 g/mol. The van der Waals surface area contributed by atoms with Gasteiger partial charge in [-0.1, -0.05) is 48.0 Å². The molecule has 4 nitrogen and oxygen atoms in total. The van der Waals surface area contributed by atoms with E-state index in [-0.39, 0.29) is 0 Å². The molecule has 1 heterocycles. The van der Waals surface area contributed by atoms with Gasteiger partial charge in [0.2, 0.25) is 0 Å². The lowest BCUT2D eigenvalue weighted by molar-refractivity contribution is 0.811. The lowest BCUT2D eigenvalue weighted by atomic mass is 10.1. The van der Waals surface area contributed by atoms with Crippen molar-refractivity contribution in [3.63, 3.8) is 0 Å². The Hall–Kier alpha value is -2.59. The first-order chi connectivity index (χ1) is 11.8. The Bertz CT molecular complexity index is 855. The molecule has 0 aliphatic carbocycles. The zero-order valence-corrected chi connectivity index (χ0v) is 14.2. The van der Waals surface area contributed by atoms with Gasteiger partial charge in [0, 0.05) is 36.7 Å². The molecule has 0 amide bonds. The maximum absolute atomic E-state index is 6.18. The van der Waals surface area contributed by atoms with Gasteiger partial charge in [0.1, 0.15) is 0 Å². The topological polar surface area (TPSA) is 49.3 Å². The van der Waals surface area contributed by atoms with Gasteiger partial charge in [0.15, 0.2) is 5.96 Å². The smallest absolute Gasteiger partial charge is 0.191 e. The van der Waals surface area contributed by atoms with Gasteiger partial charge < -0.3 is 10.6 Å². The second-order valence-corrected chi connectivity index (χ2v) is 5.77. The van der Waals surface area contributed by atoms with Crippen LogP contribution in [0.25, 0.3) is 10.9 Å².